The molecule has 0 aliphatic carbocycles. The van der Waals surface area contributed by atoms with Gasteiger partial charge >= 0.3 is 0 Å². The van der Waals surface area contributed by atoms with Crippen LogP contribution < -0.4 is 4.90 Å². The Hall–Kier alpha value is -2.40. The number of piperidine rings is 1. The molecule has 3 aromatic heterocycles. The third-order valence-corrected chi connectivity index (χ3v) is 4.74. The van der Waals surface area contributed by atoms with Gasteiger partial charge in [-0.05, 0) is 56.9 Å². The zero-order chi connectivity index (χ0) is 17.2. The number of anilines is 1. The normalized spacial score (nSPS) is 14.2. The minimum absolute atomic E-state index is 0. The lowest BCUT2D eigenvalue weighted by molar-refractivity contribution is 0.535. The van der Waals surface area contributed by atoms with Crippen LogP contribution in [0.2, 0.25) is 0 Å². The molecule has 4 heterocycles. The molecule has 1 aliphatic rings. The highest BCUT2D eigenvalue weighted by Crippen LogP contribution is 2.34. The second-order valence-electron chi connectivity index (χ2n) is 6.56. The van der Waals surface area contributed by atoms with Crippen LogP contribution in [0.15, 0.2) is 41.3 Å². The van der Waals surface area contributed by atoms with Crippen molar-refractivity contribution >= 4 is 18.4 Å². The van der Waals surface area contributed by atoms with Gasteiger partial charge in [-0.15, -0.1) is 12.4 Å². The number of aromatic nitrogens is 3. The van der Waals surface area contributed by atoms with E-state index >= 15 is 0 Å². The quantitative estimate of drug-likeness (QED) is 0.661. The van der Waals surface area contributed by atoms with Crippen LogP contribution >= 0.6 is 12.4 Å². The first-order valence-corrected chi connectivity index (χ1v) is 8.82. The van der Waals surface area contributed by atoms with Crippen molar-refractivity contribution in [2.24, 2.45) is 0 Å². The third-order valence-electron chi connectivity index (χ3n) is 4.74. The molecule has 0 spiro atoms. The number of hydrogen-bond donors (Lipinski definition) is 0. The molecule has 1 aliphatic heterocycles. The van der Waals surface area contributed by atoms with E-state index in [2.05, 4.69) is 20.9 Å². The molecule has 0 unspecified atom stereocenters. The first-order valence-electron chi connectivity index (χ1n) is 8.82. The topological polar surface area (TPSA) is 55.1 Å². The first kappa shape index (κ1) is 18.4. The zero-order valence-electron chi connectivity index (χ0n) is 15.1. The van der Waals surface area contributed by atoms with Gasteiger partial charge in [-0.1, -0.05) is 0 Å². The Kier molecular flexibility index (Phi) is 5.57. The van der Waals surface area contributed by atoms with E-state index < -0.39 is 0 Å². The second kappa shape index (κ2) is 7.87. The molecule has 0 N–H and O–H groups in total. The summed E-state index contributed by atoms with van der Waals surface area (Å²) in [5.41, 5.74) is 5.01. The molecule has 6 heteroatoms. The SMILES string of the molecule is Cc1cc(-c2cnc(N3CCCCC3)nc2-c2ccoc2C)ccn1.Cl. The van der Waals surface area contributed by atoms with Gasteiger partial charge in [0.1, 0.15) is 5.76 Å². The standard InChI is InChI=1S/C20H22N4O.ClH/c1-14-12-16(6-8-21-14)18-13-22-20(24-9-4-3-5-10-24)23-19(18)17-7-11-25-15(17)2;/h6-8,11-13H,3-5,9-10H2,1-2H3;1H. The minimum Gasteiger partial charge on any atom is -0.469 e. The fourth-order valence-electron chi connectivity index (χ4n) is 3.38. The average Bonchev–Trinajstić information content (AvgIpc) is 3.08. The summed E-state index contributed by atoms with van der Waals surface area (Å²) in [4.78, 5) is 16.2. The summed E-state index contributed by atoms with van der Waals surface area (Å²) in [6.07, 6.45) is 9.18. The molecule has 0 aromatic carbocycles. The van der Waals surface area contributed by atoms with Gasteiger partial charge in [-0.25, -0.2) is 9.97 Å². The number of pyridine rings is 1. The molecule has 136 valence electrons. The lowest BCUT2D eigenvalue weighted by Gasteiger charge is -2.27. The number of rotatable bonds is 3. The van der Waals surface area contributed by atoms with Crippen molar-refractivity contribution < 1.29 is 4.42 Å². The fourth-order valence-corrected chi connectivity index (χ4v) is 3.38. The molecule has 0 amide bonds. The maximum Gasteiger partial charge on any atom is 0.225 e. The van der Waals surface area contributed by atoms with Crippen LogP contribution in [0, 0.1) is 13.8 Å². The lowest BCUT2D eigenvalue weighted by Crippen LogP contribution is -2.31. The average molecular weight is 371 g/mol. The highest BCUT2D eigenvalue weighted by atomic mass is 35.5. The van der Waals surface area contributed by atoms with E-state index in [4.69, 9.17) is 9.40 Å². The van der Waals surface area contributed by atoms with Crippen LogP contribution in [0.25, 0.3) is 22.4 Å². The van der Waals surface area contributed by atoms with Crippen molar-refractivity contribution in [2.75, 3.05) is 18.0 Å². The van der Waals surface area contributed by atoms with Gasteiger partial charge in [0.25, 0.3) is 0 Å². The Morgan fingerprint density at radius 3 is 2.50 bits per heavy atom. The Morgan fingerprint density at radius 2 is 1.81 bits per heavy atom. The van der Waals surface area contributed by atoms with Crippen LogP contribution in [-0.4, -0.2) is 28.0 Å². The summed E-state index contributed by atoms with van der Waals surface area (Å²) in [6, 6.07) is 6.05. The smallest absolute Gasteiger partial charge is 0.225 e. The number of furan rings is 1. The summed E-state index contributed by atoms with van der Waals surface area (Å²) in [5.74, 6) is 1.68. The third kappa shape index (κ3) is 3.58. The van der Waals surface area contributed by atoms with E-state index in [0.717, 1.165) is 52.9 Å². The second-order valence-corrected chi connectivity index (χ2v) is 6.56. The van der Waals surface area contributed by atoms with Crippen LogP contribution in [0.5, 0.6) is 0 Å². The molecule has 0 saturated carbocycles. The zero-order valence-corrected chi connectivity index (χ0v) is 15.9. The van der Waals surface area contributed by atoms with E-state index in [1.807, 2.05) is 38.4 Å². The number of aryl methyl sites for hydroxylation is 2. The number of halogens is 1. The fraction of sp³-hybridized carbons (Fsp3) is 0.350. The monoisotopic (exact) mass is 370 g/mol. The van der Waals surface area contributed by atoms with Crippen molar-refractivity contribution in [2.45, 2.75) is 33.1 Å². The maximum atomic E-state index is 5.53. The molecule has 5 nitrogen and oxygen atoms in total. The predicted octanol–water partition coefficient (Wildman–Crippen LogP) is 4.83. The predicted molar refractivity (Wildman–Crippen MR) is 106 cm³/mol. The van der Waals surface area contributed by atoms with Gasteiger partial charge in [0.05, 0.1) is 12.0 Å². The Balaban J connectivity index is 0.00000196. The van der Waals surface area contributed by atoms with Crippen LogP contribution in [0.4, 0.5) is 5.95 Å². The molecule has 0 radical (unpaired) electrons. The Labute approximate surface area is 159 Å². The summed E-state index contributed by atoms with van der Waals surface area (Å²) in [6.45, 7) is 6.02. The summed E-state index contributed by atoms with van der Waals surface area (Å²) < 4.78 is 5.53. The minimum atomic E-state index is 0. The van der Waals surface area contributed by atoms with E-state index in [-0.39, 0.29) is 12.4 Å². The van der Waals surface area contributed by atoms with Crippen molar-refractivity contribution in [3.8, 4) is 22.4 Å². The molecule has 26 heavy (non-hydrogen) atoms. The van der Waals surface area contributed by atoms with Crippen LogP contribution in [0.1, 0.15) is 30.7 Å². The van der Waals surface area contributed by atoms with Crippen molar-refractivity contribution in [3.63, 3.8) is 0 Å². The number of nitrogens with zero attached hydrogens (tertiary/aromatic N) is 4. The molecule has 3 aromatic rings. The van der Waals surface area contributed by atoms with Gasteiger partial charge in [0.15, 0.2) is 0 Å². The summed E-state index contributed by atoms with van der Waals surface area (Å²) in [7, 11) is 0. The van der Waals surface area contributed by atoms with Crippen molar-refractivity contribution in [3.05, 3.63) is 48.3 Å². The lowest BCUT2D eigenvalue weighted by atomic mass is 10.0. The highest BCUT2D eigenvalue weighted by molar-refractivity contribution is 5.85. The van der Waals surface area contributed by atoms with Crippen molar-refractivity contribution in [1.82, 2.24) is 15.0 Å². The van der Waals surface area contributed by atoms with Gasteiger partial charge in [0.2, 0.25) is 5.95 Å². The molecule has 0 bridgehead atoms. The number of hydrogen-bond acceptors (Lipinski definition) is 5. The molecular weight excluding hydrogens is 348 g/mol. The maximum absolute atomic E-state index is 5.53. The van der Waals surface area contributed by atoms with E-state index in [1.54, 1.807) is 6.26 Å². The van der Waals surface area contributed by atoms with Gasteiger partial charge < -0.3 is 9.32 Å². The molecule has 1 saturated heterocycles. The molecular formula is C20H23ClN4O. The Morgan fingerprint density at radius 1 is 1.00 bits per heavy atom. The van der Waals surface area contributed by atoms with Gasteiger partial charge in [-0.3, -0.25) is 4.98 Å². The molecule has 0 atom stereocenters. The Bertz CT molecular complexity index is 887. The summed E-state index contributed by atoms with van der Waals surface area (Å²) in [5, 5.41) is 0. The van der Waals surface area contributed by atoms with Crippen molar-refractivity contribution in [1.29, 1.82) is 0 Å². The first-order chi connectivity index (χ1) is 12.2. The van der Waals surface area contributed by atoms with E-state index in [1.165, 1.54) is 19.3 Å². The van der Waals surface area contributed by atoms with Crippen LogP contribution in [-0.2, 0) is 0 Å². The van der Waals surface area contributed by atoms with Gasteiger partial charge in [0, 0.05) is 42.3 Å². The summed E-state index contributed by atoms with van der Waals surface area (Å²) >= 11 is 0. The van der Waals surface area contributed by atoms with E-state index in [0.29, 0.717) is 0 Å². The van der Waals surface area contributed by atoms with Gasteiger partial charge in [-0.2, -0.15) is 0 Å². The van der Waals surface area contributed by atoms with Crippen LogP contribution in [0.3, 0.4) is 0 Å². The highest BCUT2D eigenvalue weighted by Gasteiger charge is 2.19. The van der Waals surface area contributed by atoms with E-state index in [9.17, 15) is 0 Å². The molecule has 4 rings (SSSR count). The molecule has 1 fully saturated rings. The largest absolute Gasteiger partial charge is 0.469 e.